The molecule has 3 aliphatic carbocycles. The number of rotatable bonds is 5. The minimum atomic E-state index is -0.193. The van der Waals surface area contributed by atoms with E-state index in [2.05, 4.69) is 18.1 Å². The molecule has 6 nitrogen and oxygen atoms in total. The van der Waals surface area contributed by atoms with Gasteiger partial charge in [0.15, 0.2) is 5.17 Å². The highest BCUT2D eigenvalue weighted by Crippen LogP contribution is 2.61. The molecule has 2 N–H and O–H groups in total. The summed E-state index contributed by atoms with van der Waals surface area (Å²) in [6, 6.07) is 21.2. The molecule has 1 amide bonds. The maximum atomic E-state index is 12.7. The summed E-state index contributed by atoms with van der Waals surface area (Å²) in [6.45, 7) is 2.30. The summed E-state index contributed by atoms with van der Waals surface area (Å²) in [4.78, 5) is 14.4. The van der Waals surface area contributed by atoms with Crippen LogP contribution in [0, 0.1) is 17.3 Å². The number of benzene rings is 3. The molecule has 43 heavy (non-hydrogen) atoms. The van der Waals surface area contributed by atoms with Gasteiger partial charge in [0.1, 0.15) is 5.75 Å². The Kier molecular flexibility index (Phi) is 7.60. The van der Waals surface area contributed by atoms with Crippen LogP contribution in [0.15, 0.2) is 76.9 Å². The first kappa shape index (κ1) is 28.6. The van der Waals surface area contributed by atoms with Gasteiger partial charge in [-0.3, -0.25) is 9.69 Å². The van der Waals surface area contributed by atoms with E-state index in [0.717, 1.165) is 55.3 Å². The maximum absolute atomic E-state index is 12.7. The summed E-state index contributed by atoms with van der Waals surface area (Å²) in [6.07, 6.45) is 6.39. The van der Waals surface area contributed by atoms with Gasteiger partial charge in [-0.15, -0.1) is 5.10 Å². The molecule has 0 aromatic heterocycles. The molecular formula is C35H36ClN3O3S. The first-order valence-electron chi connectivity index (χ1n) is 15.3. The predicted molar refractivity (Wildman–Crippen MR) is 174 cm³/mol. The number of aromatic hydroxyl groups is 1. The van der Waals surface area contributed by atoms with Crippen LogP contribution in [0.2, 0.25) is 5.02 Å². The second-order valence-electron chi connectivity index (χ2n) is 12.7. The number of amidine groups is 1. The highest BCUT2D eigenvalue weighted by atomic mass is 35.5. The number of nitrogens with zero attached hydrogens (tertiary/aromatic N) is 3. The van der Waals surface area contributed by atoms with Crippen LogP contribution in [-0.2, 0) is 17.6 Å². The monoisotopic (exact) mass is 613 g/mol. The Morgan fingerprint density at radius 1 is 1.07 bits per heavy atom. The Morgan fingerprint density at radius 2 is 1.86 bits per heavy atom. The molecule has 222 valence electrons. The van der Waals surface area contributed by atoms with E-state index in [1.165, 1.54) is 22.9 Å². The molecule has 0 unspecified atom stereocenters. The van der Waals surface area contributed by atoms with Gasteiger partial charge in [0, 0.05) is 17.0 Å². The van der Waals surface area contributed by atoms with E-state index in [1.54, 1.807) is 4.90 Å². The summed E-state index contributed by atoms with van der Waals surface area (Å²) in [7, 11) is 0. The molecule has 0 spiro atoms. The average Bonchev–Trinajstić information content (AvgIpc) is 3.54. The molecule has 8 heteroatoms. The van der Waals surface area contributed by atoms with E-state index in [9.17, 15) is 15.0 Å². The summed E-state index contributed by atoms with van der Waals surface area (Å²) < 4.78 is 0. The van der Waals surface area contributed by atoms with Gasteiger partial charge in [-0.05, 0) is 109 Å². The van der Waals surface area contributed by atoms with Gasteiger partial charge in [0.05, 0.1) is 23.3 Å². The molecule has 4 aliphatic rings. The van der Waals surface area contributed by atoms with Crippen molar-refractivity contribution in [2.75, 3.05) is 10.7 Å². The molecular weight excluding hydrogens is 578 g/mol. The molecule has 2 saturated carbocycles. The lowest BCUT2D eigenvalue weighted by Crippen LogP contribution is -2.43. The van der Waals surface area contributed by atoms with Crippen LogP contribution < -0.4 is 4.90 Å². The van der Waals surface area contributed by atoms with Gasteiger partial charge in [-0.25, -0.2) is 0 Å². The Morgan fingerprint density at radius 3 is 2.65 bits per heavy atom. The highest BCUT2D eigenvalue weighted by Gasteiger charge is 2.54. The second-order valence-corrected chi connectivity index (χ2v) is 14.1. The first-order chi connectivity index (χ1) is 20.8. The van der Waals surface area contributed by atoms with E-state index < -0.39 is 0 Å². The third kappa shape index (κ3) is 5.19. The Bertz CT molecular complexity index is 1610. The number of para-hydroxylation sites is 1. The zero-order valence-corrected chi connectivity index (χ0v) is 25.8. The number of carbonyl (C=O) groups excluding carboxylic acids is 1. The number of amides is 1. The number of anilines is 1. The number of thioether (sulfide) groups is 1. The smallest absolute Gasteiger partial charge is 0.243 e. The molecule has 1 heterocycles. The minimum absolute atomic E-state index is 0.0271. The minimum Gasteiger partial charge on any atom is -0.508 e. The number of fused-ring (bicyclic) bond motifs is 5. The summed E-state index contributed by atoms with van der Waals surface area (Å²) in [5.41, 5.74) is 5.75. The van der Waals surface area contributed by atoms with Gasteiger partial charge >= 0.3 is 0 Å². The number of aliphatic hydroxyl groups excluding tert-OH is 1. The molecule has 7 rings (SSSR count). The summed E-state index contributed by atoms with van der Waals surface area (Å²) in [5.74, 6) is 2.12. The fraction of sp³-hybridized carbons (Fsp3) is 0.400. The SMILES string of the molecule is C[C@]12CC[C@@H]3c4cc(C/C(=N/N=C5\SCC(=O)N5c5ccccc5)c5ccc(Cl)cc5)c(O)cc4CC[C@H]3[C@@H]1CC[C@@H]2O. The molecule has 3 fully saturated rings. The van der Waals surface area contributed by atoms with Crippen LogP contribution in [0.1, 0.15) is 67.2 Å². The van der Waals surface area contributed by atoms with Gasteiger partial charge in [0.25, 0.3) is 0 Å². The van der Waals surface area contributed by atoms with E-state index >= 15 is 0 Å². The Hall–Kier alpha value is -3.13. The van der Waals surface area contributed by atoms with Crippen LogP contribution in [-0.4, -0.2) is 38.9 Å². The van der Waals surface area contributed by atoms with Crippen LogP contribution in [0.5, 0.6) is 5.75 Å². The Balaban J connectivity index is 1.23. The zero-order chi connectivity index (χ0) is 29.7. The number of aryl methyl sites for hydroxylation is 1. The topological polar surface area (TPSA) is 85.5 Å². The number of phenols is 1. The third-order valence-corrected chi connectivity index (χ3v) is 11.6. The normalized spacial score (nSPS) is 29.5. The van der Waals surface area contributed by atoms with Crippen LogP contribution >= 0.6 is 23.4 Å². The number of halogens is 1. The lowest BCUT2D eigenvalue weighted by atomic mass is 9.55. The lowest BCUT2D eigenvalue weighted by Gasteiger charge is -2.50. The third-order valence-electron chi connectivity index (χ3n) is 10.4. The van der Waals surface area contributed by atoms with Gasteiger partial charge < -0.3 is 10.2 Å². The Labute approximate surface area is 261 Å². The van der Waals surface area contributed by atoms with Crippen molar-refractivity contribution in [2.24, 2.45) is 27.5 Å². The predicted octanol–water partition coefficient (Wildman–Crippen LogP) is 7.35. The van der Waals surface area contributed by atoms with Crippen molar-refractivity contribution >= 4 is 45.8 Å². The van der Waals surface area contributed by atoms with Crippen molar-refractivity contribution in [3.8, 4) is 5.75 Å². The van der Waals surface area contributed by atoms with Gasteiger partial charge in [0.2, 0.25) is 5.91 Å². The highest BCUT2D eigenvalue weighted by molar-refractivity contribution is 8.15. The van der Waals surface area contributed by atoms with E-state index in [4.69, 9.17) is 16.7 Å². The summed E-state index contributed by atoms with van der Waals surface area (Å²) in [5, 5.41) is 32.5. The fourth-order valence-electron chi connectivity index (χ4n) is 8.16. The first-order valence-corrected chi connectivity index (χ1v) is 16.6. The average molecular weight is 614 g/mol. The van der Waals surface area contributed by atoms with Crippen LogP contribution in [0.25, 0.3) is 0 Å². The van der Waals surface area contributed by atoms with Gasteiger partial charge in [-0.1, -0.05) is 66.7 Å². The molecule has 0 radical (unpaired) electrons. The van der Waals surface area contributed by atoms with Crippen molar-refractivity contribution < 1.29 is 15.0 Å². The molecule has 0 bridgehead atoms. The van der Waals surface area contributed by atoms with Crippen LogP contribution in [0.4, 0.5) is 5.69 Å². The van der Waals surface area contributed by atoms with Crippen molar-refractivity contribution in [1.82, 2.24) is 0 Å². The lowest BCUT2D eigenvalue weighted by molar-refractivity contribution is -0.115. The molecule has 1 saturated heterocycles. The van der Waals surface area contributed by atoms with Crippen molar-refractivity contribution in [2.45, 2.75) is 63.9 Å². The quantitative estimate of drug-likeness (QED) is 0.233. The maximum Gasteiger partial charge on any atom is 0.243 e. The van der Waals surface area contributed by atoms with Crippen molar-refractivity contribution in [1.29, 1.82) is 0 Å². The standard InChI is InChI=1S/C35H36ClN3O3S/c1-35-16-15-26-27(29(35)13-14-32(35)41)12-9-22-19-31(40)23(17-28(22)26)18-30(21-7-10-24(36)11-8-21)37-38-34-39(33(42)20-43-34)25-5-3-2-4-6-25/h2-8,10-11,17,19,26-27,29,32,40-41H,9,12-16,18,20H2,1H3/b37-30-,38-34-/t26-,27+,29-,32-,35-/m0/s1. The van der Waals surface area contributed by atoms with Gasteiger partial charge in [-0.2, -0.15) is 5.10 Å². The zero-order valence-electron chi connectivity index (χ0n) is 24.2. The van der Waals surface area contributed by atoms with Crippen LogP contribution in [0.3, 0.4) is 0 Å². The summed E-state index contributed by atoms with van der Waals surface area (Å²) >= 11 is 7.59. The molecule has 1 aliphatic heterocycles. The fourth-order valence-corrected chi connectivity index (χ4v) is 9.10. The number of hydrogen-bond donors (Lipinski definition) is 2. The second kappa shape index (κ2) is 11.4. The van der Waals surface area contributed by atoms with Crippen molar-refractivity contribution in [3.63, 3.8) is 0 Å². The van der Waals surface area contributed by atoms with E-state index in [1.807, 2.05) is 60.7 Å². The molecule has 3 aromatic rings. The number of phenolic OH excluding ortho intramolecular Hbond substituents is 1. The van der Waals surface area contributed by atoms with E-state index in [0.29, 0.717) is 45.8 Å². The molecule has 5 atom stereocenters. The molecule has 3 aromatic carbocycles. The van der Waals surface area contributed by atoms with Crippen molar-refractivity contribution in [3.05, 3.63) is 94.0 Å². The largest absolute Gasteiger partial charge is 0.508 e. The number of carbonyl (C=O) groups is 1. The number of hydrogen-bond acceptors (Lipinski definition) is 6. The number of aliphatic hydroxyl groups is 1. The van der Waals surface area contributed by atoms with E-state index in [-0.39, 0.29) is 23.2 Å².